The topological polar surface area (TPSA) is 188 Å². The maximum atomic E-state index is 14.4. The van der Waals surface area contributed by atoms with Gasteiger partial charge in [0.1, 0.15) is 12.1 Å². The van der Waals surface area contributed by atoms with E-state index >= 15 is 0 Å². The molecule has 3 aliphatic rings. The Bertz CT molecular complexity index is 1370. The quantitative estimate of drug-likeness (QED) is 0.159. The van der Waals surface area contributed by atoms with Crippen LogP contribution in [0.15, 0.2) is 11.6 Å². The van der Waals surface area contributed by atoms with Gasteiger partial charge in [0.15, 0.2) is 0 Å². The molecule has 0 aromatic heterocycles. The number of carbonyl (C=O) groups is 5. The molecule has 1 aliphatic heterocycles. The smallest absolute Gasteiger partial charge is 0.315 e. The molecule has 1 heterocycles. The van der Waals surface area contributed by atoms with Crippen LogP contribution in [0.5, 0.6) is 0 Å². The average molecular weight is 695 g/mol. The molecule has 3 fully saturated rings. The van der Waals surface area contributed by atoms with Gasteiger partial charge in [-0.05, 0) is 56.3 Å². The predicted octanol–water partition coefficient (Wildman–Crippen LogP) is 2.45. The monoisotopic (exact) mass is 694 g/mol. The maximum Gasteiger partial charge on any atom is 0.315 e. The molecule has 0 aromatic carbocycles. The van der Waals surface area contributed by atoms with Gasteiger partial charge in [0.25, 0.3) is 5.91 Å². The largest absolute Gasteiger partial charge is 0.363 e. The molecule has 5 N–H and O–H groups in total. The average Bonchev–Trinajstić information content (AvgIpc) is 3.71. The Labute approximate surface area is 286 Å². The molecule has 2 aliphatic carbocycles. The molecule has 0 bridgehead atoms. The lowest BCUT2D eigenvalue weighted by molar-refractivity contribution is -0.144. The first kappa shape index (κ1) is 39.4. The van der Waals surface area contributed by atoms with Gasteiger partial charge in [-0.3, -0.25) is 19.2 Å². The lowest BCUT2D eigenvalue weighted by Crippen LogP contribution is -2.62. The SMILES string of the molecule is CC(C)=C[C@H]1CCN(C(=O)[C@@H](NC(=O)N[C@H](CN(C)S(=O)(=O)C2CC2)C(C)(C)C)C(C)(C)C)[C@@H]1C(=O)NC(CC1CCC1)C(=O)C(N)=O. The molecule has 1 unspecified atom stereocenters. The molecule has 5 amide bonds. The number of rotatable bonds is 14. The summed E-state index contributed by atoms with van der Waals surface area (Å²) in [5, 5.41) is 8.14. The van der Waals surface area contributed by atoms with Crippen molar-refractivity contribution in [3.05, 3.63) is 11.6 Å². The zero-order valence-corrected chi connectivity index (χ0v) is 31.0. The maximum absolute atomic E-state index is 14.4. The number of nitrogens with zero attached hydrogens (tertiary/aromatic N) is 2. The zero-order chi connectivity index (χ0) is 36.4. The minimum Gasteiger partial charge on any atom is -0.363 e. The van der Waals surface area contributed by atoms with Gasteiger partial charge in [0, 0.05) is 32.1 Å². The Morgan fingerprint density at radius 1 is 0.917 bits per heavy atom. The number of likely N-dealkylation sites (tertiary alicyclic amines) is 1. The molecule has 5 atom stereocenters. The first-order chi connectivity index (χ1) is 22.0. The van der Waals surface area contributed by atoms with Crippen molar-refractivity contribution in [2.24, 2.45) is 28.4 Å². The first-order valence-corrected chi connectivity index (χ1v) is 18.7. The Kier molecular flexibility index (Phi) is 12.5. The van der Waals surface area contributed by atoms with Crippen LogP contribution in [-0.4, -0.2) is 96.7 Å². The molecule has 0 aromatic rings. The van der Waals surface area contributed by atoms with Crippen LogP contribution in [0.3, 0.4) is 0 Å². The number of amides is 5. The van der Waals surface area contributed by atoms with Crippen LogP contribution >= 0.6 is 0 Å². The molecule has 13 nitrogen and oxygen atoms in total. The van der Waals surface area contributed by atoms with Crippen molar-refractivity contribution in [3.63, 3.8) is 0 Å². The standard InChI is InChI=1S/C34H58N6O7S/c1-20(2)17-22-15-16-40(26(22)30(43)36-24(27(41)29(35)42)18-21-11-10-12-21)31(44)28(34(6,7)8)38-32(45)37-25(33(3,4)5)19-39(9)48(46,47)23-13-14-23/h17,21-26,28H,10-16,18-19H2,1-9H3,(H2,35,42)(H,36,43)(H2,37,38,45)/t22-,24?,25-,26+,28-/m1/s1. The third kappa shape index (κ3) is 10.0. The summed E-state index contributed by atoms with van der Waals surface area (Å²) in [7, 11) is -1.95. The van der Waals surface area contributed by atoms with Crippen molar-refractivity contribution in [1.29, 1.82) is 0 Å². The number of likely N-dealkylation sites (N-methyl/N-ethyl adjacent to an activating group) is 1. The Balaban J connectivity index is 1.84. The molecule has 3 rings (SSSR count). The number of nitrogens with two attached hydrogens (primary N) is 1. The number of sulfonamides is 1. The molecule has 0 spiro atoms. The van der Waals surface area contributed by atoms with E-state index in [-0.39, 0.29) is 30.2 Å². The van der Waals surface area contributed by atoms with E-state index < -0.39 is 74.6 Å². The van der Waals surface area contributed by atoms with Gasteiger partial charge < -0.3 is 26.6 Å². The molecule has 48 heavy (non-hydrogen) atoms. The molecule has 2 saturated carbocycles. The van der Waals surface area contributed by atoms with E-state index in [4.69, 9.17) is 5.73 Å². The van der Waals surface area contributed by atoms with Crippen molar-refractivity contribution >= 4 is 39.6 Å². The zero-order valence-electron chi connectivity index (χ0n) is 30.2. The van der Waals surface area contributed by atoms with Crippen LogP contribution in [0.1, 0.15) is 100 Å². The van der Waals surface area contributed by atoms with Gasteiger partial charge in [-0.1, -0.05) is 72.5 Å². The van der Waals surface area contributed by atoms with Gasteiger partial charge >= 0.3 is 6.03 Å². The predicted molar refractivity (Wildman–Crippen MR) is 184 cm³/mol. The van der Waals surface area contributed by atoms with E-state index in [9.17, 15) is 32.4 Å². The Hall–Kier alpha value is -3.00. The van der Waals surface area contributed by atoms with Crippen LogP contribution in [-0.2, 0) is 29.2 Å². The molecule has 272 valence electrons. The fraction of sp³-hybridized carbons (Fsp3) is 0.794. The second-order valence-corrected chi connectivity index (χ2v) is 18.7. The van der Waals surface area contributed by atoms with E-state index in [0.29, 0.717) is 25.7 Å². The highest BCUT2D eigenvalue weighted by atomic mass is 32.2. The van der Waals surface area contributed by atoms with Crippen molar-refractivity contribution < 1.29 is 32.4 Å². The number of allylic oxidation sites excluding steroid dienone is 1. The van der Waals surface area contributed by atoms with Crippen molar-refractivity contribution in [3.8, 4) is 0 Å². The third-order valence-corrected chi connectivity index (χ3v) is 12.1. The highest BCUT2D eigenvalue weighted by Gasteiger charge is 2.47. The van der Waals surface area contributed by atoms with Crippen molar-refractivity contribution in [2.75, 3.05) is 20.1 Å². The van der Waals surface area contributed by atoms with Crippen LogP contribution < -0.4 is 21.7 Å². The number of nitrogens with one attached hydrogen (secondary N) is 3. The number of hydrogen-bond acceptors (Lipinski definition) is 7. The summed E-state index contributed by atoms with van der Waals surface area (Å²) in [4.78, 5) is 68.0. The first-order valence-electron chi connectivity index (χ1n) is 17.2. The highest BCUT2D eigenvalue weighted by molar-refractivity contribution is 7.90. The summed E-state index contributed by atoms with van der Waals surface area (Å²) >= 11 is 0. The summed E-state index contributed by atoms with van der Waals surface area (Å²) < 4.78 is 27.0. The Morgan fingerprint density at radius 3 is 1.98 bits per heavy atom. The van der Waals surface area contributed by atoms with Crippen molar-refractivity contribution in [1.82, 2.24) is 25.2 Å². The van der Waals surface area contributed by atoms with Crippen LogP contribution in [0.25, 0.3) is 0 Å². The van der Waals surface area contributed by atoms with Crippen LogP contribution in [0.2, 0.25) is 0 Å². The summed E-state index contributed by atoms with van der Waals surface area (Å²) in [5.41, 5.74) is 5.00. The lowest BCUT2D eigenvalue weighted by Gasteiger charge is -2.38. The number of urea groups is 1. The van der Waals surface area contributed by atoms with Crippen molar-refractivity contribution in [2.45, 2.75) is 130 Å². The molecular weight excluding hydrogens is 636 g/mol. The van der Waals surface area contributed by atoms with E-state index in [2.05, 4.69) is 16.0 Å². The van der Waals surface area contributed by atoms with Gasteiger partial charge in [-0.15, -0.1) is 0 Å². The van der Waals surface area contributed by atoms with Crippen LogP contribution in [0.4, 0.5) is 4.79 Å². The number of carbonyl (C=O) groups excluding carboxylic acids is 5. The fourth-order valence-corrected chi connectivity index (χ4v) is 7.98. The van der Waals surface area contributed by atoms with E-state index in [1.54, 1.807) is 0 Å². The molecule has 0 radical (unpaired) electrons. The van der Waals surface area contributed by atoms with E-state index in [1.807, 2.05) is 61.5 Å². The Morgan fingerprint density at radius 2 is 1.52 bits per heavy atom. The number of hydrogen-bond donors (Lipinski definition) is 4. The summed E-state index contributed by atoms with van der Waals surface area (Å²) in [6.07, 6.45) is 6.80. The number of primary amides is 1. The van der Waals surface area contributed by atoms with Gasteiger partial charge in [0.2, 0.25) is 27.6 Å². The van der Waals surface area contributed by atoms with Gasteiger partial charge in [-0.25, -0.2) is 17.5 Å². The second-order valence-electron chi connectivity index (χ2n) is 16.4. The fourth-order valence-electron chi connectivity index (χ4n) is 6.39. The van der Waals surface area contributed by atoms with E-state index in [0.717, 1.165) is 24.8 Å². The third-order valence-electron chi connectivity index (χ3n) is 9.77. The van der Waals surface area contributed by atoms with Gasteiger partial charge in [0.05, 0.1) is 11.3 Å². The summed E-state index contributed by atoms with van der Waals surface area (Å²) in [6, 6.07) is -4.31. The minimum atomic E-state index is -3.47. The normalized spacial score (nSPS) is 22.2. The number of Topliss-reactive ketones (excluding diaryl/α,β-unsaturated/α-hetero) is 1. The summed E-state index contributed by atoms with van der Waals surface area (Å²) in [6.45, 7) is 15.3. The molecule has 1 saturated heterocycles. The lowest BCUT2D eigenvalue weighted by atomic mass is 9.80. The van der Waals surface area contributed by atoms with Gasteiger partial charge in [-0.2, -0.15) is 0 Å². The second kappa shape index (κ2) is 15.3. The minimum absolute atomic E-state index is 0.0642. The molecular formula is C34H58N6O7S. The molecule has 14 heteroatoms. The highest BCUT2D eigenvalue weighted by Crippen LogP contribution is 2.34. The summed E-state index contributed by atoms with van der Waals surface area (Å²) in [5.74, 6) is -3.14. The van der Waals surface area contributed by atoms with Crippen LogP contribution in [0, 0.1) is 22.7 Å². The number of ketones is 1. The van der Waals surface area contributed by atoms with E-state index in [1.165, 1.54) is 16.3 Å².